The number of nitrogens with two attached hydrogens (primary N) is 1. The zero-order chi connectivity index (χ0) is 14.1. The van der Waals surface area contributed by atoms with E-state index in [1.165, 1.54) is 19.3 Å². The van der Waals surface area contributed by atoms with E-state index in [0.717, 1.165) is 24.9 Å². The highest BCUT2D eigenvalue weighted by molar-refractivity contribution is 6.33. The first-order valence-corrected chi connectivity index (χ1v) is 7.33. The Labute approximate surface area is 120 Å². The molecule has 1 aromatic rings. The number of benzene rings is 1. The average molecular weight is 283 g/mol. The van der Waals surface area contributed by atoms with Crippen LogP contribution in [0.5, 0.6) is 0 Å². The molecular formula is C15H23ClN2O. The molecule has 1 aromatic carbocycles. The molecule has 1 amide bonds. The van der Waals surface area contributed by atoms with Gasteiger partial charge in [0.1, 0.15) is 6.04 Å². The summed E-state index contributed by atoms with van der Waals surface area (Å²) in [5.74, 6) is -0.324. The maximum absolute atomic E-state index is 11.5. The number of carbonyl (C=O) groups is 1. The molecule has 0 fully saturated rings. The third-order valence-corrected chi connectivity index (χ3v) is 3.47. The minimum Gasteiger partial charge on any atom is -0.372 e. The van der Waals surface area contributed by atoms with Gasteiger partial charge in [-0.25, -0.2) is 0 Å². The molecule has 0 radical (unpaired) electrons. The van der Waals surface area contributed by atoms with Crippen molar-refractivity contribution in [1.29, 1.82) is 0 Å². The maximum Gasteiger partial charge on any atom is 0.239 e. The number of primary amides is 1. The third-order valence-electron chi connectivity index (χ3n) is 3.14. The van der Waals surface area contributed by atoms with Gasteiger partial charge in [-0.3, -0.25) is 4.79 Å². The lowest BCUT2D eigenvalue weighted by atomic mass is 10.1. The van der Waals surface area contributed by atoms with Crippen LogP contribution in [0.25, 0.3) is 0 Å². The van der Waals surface area contributed by atoms with Crippen molar-refractivity contribution < 1.29 is 4.79 Å². The van der Waals surface area contributed by atoms with E-state index in [4.69, 9.17) is 17.3 Å². The lowest BCUT2D eigenvalue weighted by Crippen LogP contribution is -2.35. The molecule has 0 heterocycles. The second-order valence-electron chi connectivity index (χ2n) is 4.78. The molecule has 3 N–H and O–H groups in total. The highest BCUT2D eigenvalue weighted by Crippen LogP contribution is 2.22. The standard InChI is InChI=1S/C15H23ClN2O/c1-2-3-4-5-6-11-14(15(17)19)18-13-10-8-7-9-12(13)16/h7-10,14,18H,2-6,11H2,1H3,(H2,17,19). The largest absolute Gasteiger partial charge is 0.372 e. The predicted molar refractivity (Wildman–Crippen MR) is 81.4 cm³/mol. The summed E-state index contributed by atoms with van der Waals surface area (Å²) in [6, 6.07) is 7.05. The van der Waals surface area contributed by atoms with E-state index in [9.17, 15) is 4.79 Å². The molecule has 0 saturated carbocycles. The number of hydrogen-bond donors (Lipinski definition) is 2. The van der Waals surface area contributed by atoms with Gasteiger partial charge in [0.25, 0.3) is 0 Å². The molecule has 1 atom stereocenters. The van der Waals surface area contributed by atoms with E-state index in [1.807, 2.05) is 18.2 Å². The van der Waals surface area contributed by atoms with E-state index in [0.29, 0.717) is 5.02 Å². The topological polar surface area (TPSA) is 55.1 Å². The number of amides is 1. The van der Waals surface area contributed by atoms with Gasteiger partial charge in [-0.15, -0.1) is 0 Å². The zero-order valence-corrected chi connectivity index (χ0v) is 12.2. The van der Waals surface area contributed by atoms with Gasteiger partial charge < -0.3 is 11.1 Å². The number of halogens is 1. The summed E-state index contributed by atoms with van der Waals surface area (Å²) < 4.78 is 0. The van der Waals surface area contributed by atoms with Crippen molar-refractivity contribution in [3.63, 3.8) is 0 Å². The fourth-order valence-corrected chi connectivity index (χ4v) is 2.19. The van der Waals surface area contributed by atoms with Crippen LogP contribution in [0.3, 0.4) is 0 Å². The van der Waals surface area contributed by atoms with Gasteiger partial charge in [-0.1, -0.05) is 62.8 Å². The van der Waals surface area contributed by atoms with Crippen molar-refractivity contribution >= 4 is 23.2 Å². The van der Waals surface area contributed by atoms with Crippen LogP contribution in [0.15, 0.2) is 24.3 Å². The van der Waals surface area contributed by atoms with Crippen LogP contribution in [-0.4, -0.2) is 11.9 Å². The van der Waals surface area contributed by atoms with Crippen LogP contribution in [-0.2, 0) is 4.79 Å². The van der Waals surface area contributed by atoms with Crippen LogP contribution >= 0.6 is 11.6 Å². The van der Waals surface area contributed by atoms with Gasteiger partial charge in [0.05, 0.1) is 10.7 Å². The first kappa shape index (κ1) is 15.8. The Morgan fingerprint density at radius 3 is 2.58 bits per heavy atom. The van der Waals surface area contributed by atoms with E-state index < -0.39 is 0 Å². The highest BCUT2D eigenvalue weighted by atomic mass is 35.5. The summed E-state index contributed by atoms with van der Waals surface area (Å²) in [6.45, 7) is 2.19. The van der Waals surface area contributed by atoms with Crippen molar-refractivity contribution in [3.8, 4) is 0 Å². The monoisotopic (exact) mass is 282 g/mol. The Kier molecular flexibility index (Phi) is 7.34. The summed E-state index contributed by atoms with van der Waals surface area (Å²) in [6.07, 6.45) is 6.58. The van der Waals surface area contributed by atoms with E-state index in [2.05, 4.69) is 12.2 Å². The number of rotatable bonds is 9. The molecule has 0 aliphatic rings. The van der Waals surface area contributed by atoms with Gasteiger partial charge >= 0.3 is 0 Å². The summed E-state index contributed by atoms with van der Waals surface area (Å²) in [5, 5.41) is 3.74. The summed E-state index contributed by atoms with van der Waals surface area (Å²) >= 11 is 6.06. The molecule has 3 nitrogen and oxygen atoms in total. The Bertz CT molecular complexity index is 395. The minimum absolute atomic E-state index is 0.324. The van der Waals surface area contributed by atoms with Crippen molar-refractivity contribution in [2.24, 2.45) is 5.73 Å². The lowest BCUT2D eigenvalue weighted by Gasteiger charge is -2.17. The molecule has 1 rings (SSSR count). The number of nitrogens with one attached hydrogen (secondary N) is 1. The van der Waals surface area contributed by atoms with Crippen LogP contribution in [0.2, 0.25) is 5.02 Å². The van der Waals surface area contributed by atoms with E-state index >= 15 is 0 Å². The second-order valence-corrected chi connectivity index (χ2v) is 5.19. The predicted octanol–water partition coefficient (Wildman–Crippen LogP) is 3.97. The van der Waals surface area contributed by atoms with Crippen LogP contribution in [0.1, 0.15) is 45.4 Å². The summed E-state index contributed by atoms with van der Waals surface area (Å²) in [5.41, 5.74) is 6.20. The lowest BCUT2D eigenvalue weighted by molar-refractivity contribution is -0.118. The van der Waals surface area contributed by atoms with Crippen molar-refractivity contribution in [2.45, 2.75) is 51.5 Å². The van der Waals surface area contributed by atoms with Crippen molar-refractivity contribution in [2.75, 3.05) is 5.32 Å². The molecular weight excluding hydrogens is 260 g/mol. The Hall–Kier alpha value is -1.22. The molecule has 0 saturated heterocycles. The molecule has 0 aromatic heterocycles. The maximum atomic E-state index is 11.5. The van der Waals surface area contributed by atoms with Gasteiger partial charge in [-0.2, -0.15) is 0 Å². The van der Waals surface area contributed by atoms with Crippen LogP contribution in [0, 0.1) is 0 Å². The number of unbranched alkanes of at least 4 members (excludes halogenated alkanes) is 4. The molecule has 0 bridgehead atoms. The molecule has 1 unspecified atom stereocenters. The number of anilines is 1. The molecule has 4 heteroatoms. The smallest absolute Gasteiger partial charge is 0.239 e. The molecule has 0 spiro atoms. The second kappa shape index (κ2) is 8.81. The van der Waals surface area contributed by atoms with Crippen LogP contribution in [0.4, 0.5) is 5.69 Å². The molecule has 106 valence electrons. The van der Waals surface area contributed by atoms with Crippen molar-refractivity contribution in [3.05, 3.63) is 29.3 Å². The zero-order valence-electron chi connectivity index (χ0n) is 11.5. The van der Waals surface area contributed by atoms with Crippen LogP contribution < -0.4 is 11.1 Å². The Morgan fingerprint density at radius 1 is 1.26 bits per heavy atom. The fourth-order valence-electron chi connectivity index (χ4n) is 2.00. The summed E-state index contributed by atoms with van der Waals surface area (Å²) in [7, 11) is 0. The fraction of sp³-hybridized carbons (Fsp3) is 0.533. The SMILES string of the molecule is CCCCCCCC(Nc1ccccc1Cl)C(N)=O. The highest BCUT2D eigenvalue weighted by Gasteiger charge is 2.15. The first-order valence-electron chi connectivity index (χ1n) is 6.95. The van der Waals surface area contributed by atoms with E-state index in [-0.39, 0.29) is 11.9 Å². The minimum atomic E-state index is -0.346. The van der Waals surface area contributed by atoms with Gasteiger partial charge in [0.15, 0.2) is 0 Å². The number of para-hydroxylation sites is 1. The molecule has 0 aliphatic heterocycles. The first-order chi connectivity index (χ1) is 9.15. The third kappa shape index (κ3) is 5.97. The number of hydrogen-bond acceptors (Lipinski definition) is 2. The Balaban J connectivity index is 2.45. The average Bonchev–Trinajstić information content (AvgIpc) is 2.39. The van der Waals surface area contributed by atoms with Gasteiger partial charge in [0.2, 0.25) is 5.91 Å². The normalized spacial score (nSPS) is 12.1. The van der Waals surface area contributed by atoms with E-state index in [1.54, 1.807) is 6.07 Å². The number of carbonyl (C=O) groups excluding carboxylic acids is 1. The van der Waals surface area contributed by atoms with Gasteiger partial charge in [-0.05, 0) is 18.6 Å². The summed E-state index contributed by atoms with van der Waals surface area (Å²) in [4.78, 5) is 11.5. The Morgan fingerprint density at radius 2 is 1.95 bits per heavy atom. The van der Waals surface area contributed by atoms with Gasteiger partial charge in [0, 0.05) is 0 Å². The van der Waals surface area contributed by atoms with Crippen molar-refractivity contribution in [1.82, 2.24) is 0 Å². The molecule has 0 aliphatic carbocycles. The molecule has 19 heavy (non-hydrogen) atoms. The quantitative estimate of drug-likeness (QED) is 0.674.